The minimum atomic E-state index is -0.214. The molecule has 1 fully saturated rings. The topological polar surface area (TPSA) is 50.2 Å². The number of fused-ring (bicyclic) bond motifs is 1. The molecule has 2 aliphatic heterocycles. The summed E-state index contributed by atoms with van der Waals surface area (Å²) in [5.41, 5.74) is 0.729. The number of benzene rings is 1. The smallest absolute Gasteiger partial charge is 0.244 e. The van der Waals surface area contributed by atoms with Gasteiger partial charge >= 0.3 is 0 Å². The molecular weight excluding hydrogens is 359 g/mol. The van der Waals surface area contributed by atoms with Crippen molar-refractivity contribution < 1.29 is 4.79 Å². The van der Waals surface area contributed by atoms with E-state index in [1.54, 1.807) is 17.0 Å². The van der Waals surface area contributed by atoms with Gasteiger partial charge in [0, 0.05) is 30.5 Å². The van der Waals surface area contributed by atoms with Gasteiger partial charge in [-0.3, -0.25) is 10.1 Å². The van der Waals surface area contributed by atoms with Gasteiger partial charge in [-0.1, -0.05) is 23.2 Å². The molecule has 1 amide bonds. The van der Waals surface area contributed by atoms with Gasteiger partial charge in [-0.05, 0) is 43.9 Å². The monoisotopic (exact) mass is 378 g/mol. The van der Waals surface area contributed by atoms with Crippen LogP contribution in [0.4, 0.5) is 5.69 Å². The van der Waals surface area contributed by atoms with Crippen LogP contribution in [0, 0.1) is 0 Å². The Morgan fingerprint density at radius 3 is 2.76 bits per heavy atom. The van der Waals surface area contributed by atoms with Gasteiger partial charge in [0.15, 0.2) is 0 Å². The molecule has 0 radical (unpaired) electrons. The van der Waals surface area contributed by atoms with Crippen molar-refractivity contribution in [3.63, 3.8) is 0 Å². The number of aromatic nitrogens is 2. The fourth-order valence-corrected chi connectivity index (χ4v) is 4.30. The summed E-state index contributed by atoms with van der Waals surface area (Å²) >= 11 is 12.3. The molecule has 1 N–H and O–H groups in total. The van der Waals surface area contributed by atoms with Crippen molar-refractivity contribution in [1.29, 1.82) is 0 Å². The van der Waals surface area contributed by atoms with Gasteiger partial charge in [0.2, 0.25) is 5.91 Å². The van der Waals surface area contributed by atoms with Crippen molar-refractivity contribution in [3.8, 4) is 0 Å². The van der Waals surface area contributed by atoms with Crippen LogP contribution in [0.25, 0.3) is 0 Å². The van der Waals surface area contributed by atoms with Crippen LogP contribution in [-0.4, -0.2) is 28.0 Å². The largest absolute Gasteiger partial charge is 0.334 e. The van der Waals surface area contributed by atoms with Crippen LogP contribution in [0.5, 0.6) is 0 Å². The number of rotatable bonds is 3. The van der Waals surface area contributed by atoms with Crippen molar-refractivity contribution in [3.05, 3.63) is 46.5 Å². The lowest BCUT2D eigenvalue weighted by molar-refractivity contribution is -0.122. The zero-order valence-corrected chi connectivity index (χ0v) is 15.3. The molecule has 0 aliphatic carbocycles. The summed E-state index contributed by atoms with van der Waals surface area (Å²) in [5, 5.41) is 4.62. The minimum absolute atomic E-state index is 0.0687. The van der Waals surface area contributed by atoms with Crippen molar-refractivity contribution in [2.75, 3.05) is 11.4 Å². The lowest BCUT2D eigenvalue weighted by atomic mass is 10.00. The maximum atomic E-state index is 13.0. The first-order valence-corrected chi connectivity index (χ1v) is 9.42. The van der Waals surface area contributed by atoms with Crippen molar-refractivity contribution in [1.82, 2.24) is 14.9 Å². The number of nitrogens with one attached hydrogen (secondary N) is 1. The molecule has 25 heavy (non-hydrogen) atoms. The zero-order valence-electron chi connectivity index (χ0n) is 13.8. The van der Waals surface area contributed by atoms with E-state index in [2.05, 4.69) is 14.9 Å². The molecule has 3 heterocycles. The van der Waals surface area contributed by atoms with Gasteiger partial charge < -0.3 is 9.47 Å². The van der Waals surface area contributed by atoms with E-state index in [1.165, 1.54) is 0 Å². The second-order valence-corrected chi connectivity index (χ2v) is 7.46. The number of hydrogen-bond donors (Lipinski definition) is 1. The van der Waals surface area contributed by atoms with Crippen molar-refractivity contribution in [2.24, 2.45) is 0 Å². The average molecular weight is 379 g/mol. The van der Waals surface area contributed by atoms with Gasteiger partial charge in [0.05, 0.1) is 22.8 Å². The normalized spacial score (nSPS) is 23.6. The van der Waals surface area contributed by atoms with E-state index in [0.717, 1.165) is 43.7 Å². The highest BCUT2D eigenvalue weighted by Gasteiger charge is 2.33. The van der Waals surface area contributed by atoms with Crippen LogP contribution in [-0.2, 0) is 11.3 Å². The number of aryl methyl sites for hydroxylation is 1. The second kappa shape index (κ2) is 6.98. The minimum Gasteiger partial charge on any atom is -0.334 e. The lowest BCUT2D eigenvalue weighted by Crippen LogP contribution is -2.52. The second-order valence-electron chi connectivity index (χ2n) is 6.62. The Morgan fingerprint density at radius 1 is 1.12 bits per heavy atom. The van der Waals surface area contributed by atoms with Gasteiger partial charge in [-0.25, -0.2) is 4.98 Å². The summed E-state index contributed by atoms with van der Waals surface area (Å²) in [6.45, 7) is 1.68. The standard InChI is InChI=1S/C18H20Cl2N4O/c19-12-5-6-16(13(20)11-12)24-9-2-4-15(18(24)25)22-14-3-1-8-23-10-7-21-17(14)23/h5-7,10-11,14-15,22H,1-4,8-9H2. The molecule has 0 bridgehead atoms. The highest BCUT2D eigenvalue weighted by atomic mass is 35.5. The van der Waals surface area contributed by atoms with Crippen LogP contribution < -0.4 is 10.2 Å². The fourth-order valence-electron chi connectivity index (χ4n) is 3.78. The van der Waals surface area contributed by atoms with Crippen LogP contribution in [0.1, 0.15) is 37.5 Å². The number of carbonyl (C=O) groups excluding carboxylic acids is 1. The Labute approximate surface area is 156 Å². The molecule has 2 aromatic rings. The van der Waals surface area contributed by atoms with E-state index >= 15 is 0 Å². The van der Waals surface area contributed by atoms with Gasteiger partial charge in [-0.15, -0.1) is 0 Å². The quantitative estimate of drug-likeness (QED) is 0.883. The molecule has 4 rings (SSSR count). The number of nitrogens with zero attached hydrogens (tertiary/aromatic N) is 3. The van der Waals surface area contributed by atoms with Gasteiger partial charge in [0.1, 0.15) is 5.82 Å². The predicted molar refractivity (Wildman–Crippen MR) is 99.2 cm³/mol. The van der Waals surface area contributed by atoms with Gasteiger partial charge in [-0.2, -0.15) is 0 Å². The number of carbonyl (C=O) groups is 1. The third-order valence-electron chi connectivity index (χ3n) is 4.99. The van der Waals surface area contributed by atoms with Crippen LogP contribution in [0.3, 0.4) is 0 Å². The molecule has 7 heteroatoms. The summed E-state index contributed by atoms with van der Waals surface area (Å²) in [6.07, 6.45) is 7.70. The molecule has 132 valence electrons. The molecule has 2 atom stereocenters. The number of piperidine rings is 1. The highest BCUT2D eigenvalue weighted by Crippen LogP contribution is 2.32. The van der Waals surface area contributed by atoms with Crippen molar-refractivity contribution >= 4 is 34.8 Å². The Kier molecular flexibility index (Phi) is 4.71. The number of anilines is 1. The summed E-state index contributed by atoms with van der Waals surface area (Å²) in [4.78, 5) is 19.3. The number of amides is 1. The summed E-state index contributed by atoms with van der Waals surface area (Å²) in [5.74, 6) is 1.10. The molecule has 2 unspecified atom stereocenters. The third-order valence-corrected chi connectivity index (χ3v) is 5.53. The third kappa shape index (κ3) is 3.28. The molecule has 1 aromatic heterocycles. The maximum absolute atomic E-state index is 13.0. The van der Waals surface area contributed by atoms with E-state index in [4.69, 9.17) is 23.2 Å². The molecule has 1 aromatic carbocycles. The first-order chi connectivity index (χ1) is 12.1. The van der Waals surface area contributed by atoms with E-state index in [-0.39, 0.29) is 18.0 Å². The number of imidazole rings is 1. The van der Waals surface area contributed by atoms with E-state index < -0.39 is 0 Å². The molecule has 0 saturated carbocycles. The predicted octanol–water partition coefficient (Wildman–Crippen LogP) is 3.81. The number of hydrogen-bond acceptors (Lipinski definition) is 3. The average Bonchev–Trinajstić information content (AvgIpc) is 3.07. The summed E-state index contributed by atoms with van der Waals surface area (Å²) in [7, 11) is 0. The Hall–Kier alpha value is -1.56. The Balaban J connectivity index is 1.53. The van der Waals surface area contributed by atoms with Gasteiger partial charge in [0.25, 0.3) is 0 Å². The van der Waals surface area contributed by atoms with E-state index in [9.17, 15) is 4.79 Å². The molecule has 2 aliphatic rings. The zero-order chi connectivity index (χ0) is 17.4. The van der Waals surface area contributed by atoms with Crippen LogP contribution in [0.15, 0.2) is 30.6 Å². The molecular formula is C18H20Cl2N4O. The first kappa shape index (κ1) is 16.9. The number of halogens is 2. The van der Waals surface area contributed by atoms with Crippen LogP contribution in [0.2, 0.25) is 10.0 Å². The Bertz CT molecular complexity index is 791. The SMILES string of the molecule is O=C1C(NC2CCCn3ccnc32)CCCN1c1ccc(Cl)cc1Cl. The fraction of sp³-hybridized carbons (Fsp3) is 0.444. The molecule has 0 spiro atoms. The molecule has 5 nitrogen and oxygen atoms in total. The first-order valence-electron chi connectivity index (χ1n) is 8.67. The van der Waals surface area contributed by atoms with E-state index in [0.29, 0.717) is 16.6 Å². The maximum Gasteiger partial charge on any atom is 0.244 e. The van der Waals surface area contributed by atoms with Crippen molar-refractivity contribution in [2.45, 2.75) is 44.3 Å². The Morgan fingerprint density at radius 2 is 1.92 bits per heavy atom. The lowest BCUT2D eigenvalue weighted by Gasteiger charge is -2.36. The van der Waals surface area contributed by atoms with E-state index in [1.807, 2.05) is 18.5 Å². The summed E-state index contributed by atoms with van der Waals surface area (Å²) in [6, 6.07) is 5.18. The molecule has 1 saturated heterocycles. The highest BCUT2D eigenvalue weighted by molar-refractivity contribution is 6.36. The van der Waals surface area contributed by atoms with Crippen LogP contribution >= 0.6 is 23.2 Å². The summed E-state index contributed by atoms with van der Waals surface area (Å²) < 4.78 is 2.17.